The van der Waals surface area contributed by atoms with Gasteiger partial charge in [0.25, 0.3) is 0 Å². The Morgan fingerprint density at radius 3 is 2.74 bits per heavy atom. The second kappa shape index (κ2) is 4.39. The van der Waals surface area contributed by atoms with Gasteiger partial charge in [-0.3, -0.25) is 0 Å². The minimum atomic E-state index is 0.688. The van der Waals surface area contributed by atoms with E-state index in [1.54, 1.807) is 12.5 Å². The van der Waals surface area contributed by atoms with Crippen molar-refractivity contribution >= 4 is 37.9 Å². The fourth-order valence-electron chi connectivity index (χ4n) is 3.06. The Labute approximate surface area is 119 Å². The predicted octanol–water partition coefficient (Wildman–Crippen LogP) is 4.09. The highest BCUT2D eigenvalue weighted by atomic mass is 79.9. The molecule has 0 aliphatic carbocycles. The first-order chi connectivity index (χ1) is 9.34. The third kappa shape index (κ3) is 1.74. The summed E-state index contributed by atoms with van der Waals surface area (Å²) < 4.78 is 12.3. The van der Waals surface area contributed by atoms with Crippen molar-refractivity contribution in [3.05, 3.63) is 34.7 Å². The molecule has 1 saturated heterocycles. The lowest BCUT2D eigenvalue weighted by Crippen LogP contribution is -2.11. The van der Waals surface area contributed by atoms with Crippen molar-refractivity contribution in [3.8, 4) is 0 Å². The van der Waals surface area contributed by atoms with Crippen LogP contribution < -0.4 is 5.32 Å². The quantitative estimate of drug-likeness (QED) is 0.773. The van der Waals surface area contributed by atoms with Crippen LogP contribution in [0.4, 0.5) is 0 Å². The van der Waals surface area contributed by atoms with Crippen LogP contribution >= 0.6 is 15.9 Å². The topological polar surface area (TPSA) is 38.3 Å². The van der Waals surface area contributed by atoms with Crippen LogP contribution in [0.25, 0.3) is 21.9 Å². The first-order valence-corrected chi connectivity index (χ1v) is 7.39. The van der Waals surface area contributed by atoms with Gasteiger partial charge in [-0.2, -0.15) is 0 Å². The Morgan fingerprint density at radius 2 is 1.95 bits per heavy atom. The summed E-state index contributed by atoms with van der Waals surface area (Å²) in [5, 5.41) is 5.69. The van der Waals surface area contributed by atoms with Crippen LogP contribution in [-0.4, -0.2) is 13.1 Å². The normalized spacial score (nSPS) is 19.7. The summed E-state index contributed by atoms with van der Waals surface area (Å²) in [6.07, 6.45) is 5.79. The maximum atomic E-state index is 5.73. The molecule has 0 spiro atoms. The molecule has 3 aromatic rings. The number of benzene rings is 1. The molecule has 4 heteroatoms. The molecule has 1 aliphatic rings. The molecule has 4 rings (SSSR count). The van der Waals surface area contributed by atoms with E-state index in [4.69, 9.17) is 8.83 Å². The lowest BCUT2D eigenvalue weighted by molar-refractivity contribution is 0.567. The zero-order chi connectivity index (χ0) is 12.8. The van der Waals surface area contributed by atoms with Crippen molar-refractivity contribution in [2.75, 3.05) is 13.1 Å². The molecule has 3 heterocycles. The van der Waals surface area contributed by atoms with Gasteiger partial charge in [-0.25, -0.2) is 0 Å². The van der Waals surface area contributed by atoms with E-state index in [9.17, 15) is 0 Å². The van der Waals surface area contributed by atoms with Crippen LogP contribution in [0.15, 0.2) is 38.0 Å². The molecule has 1 aromatic carbocycles. The summed E-state index contributed by atoms with van der Waals surface area (Å²) in [6.45, 7) is 2.22. The molecule has 1 atom stereocenters. The van der Waals surface area contributed by atoms with E-state index in [0.29, 0.717) is 5.92 Å². The fraction of sp³-hybridized carbons (Fsp3) is 0.333. The third-order valence-electron chi connectivity index (χ3n) is 4.02. The molecule has 1 aliphatic heterocycles. The number of rotatable bonds is 2. The number of nitrogens with one attached hydrogen (secondary N) is 1. The number of fused-ring (bicyclic) bond motifs is 2. The van der Waals surface area contributed by atoms with Crippen LogP contribution in [0.3, 0.4) is 0 Å². The lowest BCUT2D eigenvalue weighted by Gasteiger charge is -2.10. The highest BCUT2D eigenvalue weighted by Crippen LogP contribution is 2.38. The van der Waals surface area contributed by atoms with Crippen LogP contribution in [0.5, 0.6) is 0 Å². The summed E-state index contributed by atoms with van der Waals surface area (Å²) in [5.74, 6) is 0.688. The first kappa shape index (κ1) is 11.6. The van der Waals surface area contributed by atoms with Gasteiger partial charge in [0, 0.05) is 16.3 Å². The van der Waals surface area contributed by atoms with E-state index >= 15 is 0 Å². The van der Waals surface area contributed by atoms with Crippen LogP contribution in [0.2, 0.25) is 0 Å². The fourth-order valence-corrected chi connectivity index (χ4v) is 3.68. The number of hydrogen-bond acceptors (Lipinski definition) is 3. The summed E-state index contributed by atoms with van der Waals surface area (Å²) in [5.41, 5.74) is 3.20. The Balaban J connectivity index is 1.95. The van der Waals surface area contributed by atoms with E-state index in [2.05, 4.69) is 21.2 Å². The highest BCUT2D eigenvalue weighted by Gasteiger charge is 2.22. The molecule has 0 radical (unpaired) electrons. The molecule has 1 fully saturated rings. The average Bonchev–Trinajstić information content (AvgIpc) is 3.13. The number of furan rings is 2. The monoisotopic (exact) mass is 319 g/mol. The smallest absolute Gasteiger partial charge is 0.149 e. The molecule has 1 unspecified atom stereocenters. The maximum Gasteiger partial charge on any atom is 0.149 e. The summed E-state index contributed by atoms with van der Waals surface area (Å²) >= 11 is 3.62. The van der Waals surface area contributed by atoms with Crippen LogP contribution in [0, 0.1) is 5.92 Å². The summed E-state index contributed by atoms with van der Waals surface area (Å²) in [6, 6.07) is 4.04. The van der Waals surface area contributed by atoms with Gasteiger partial charge in [0.2, 0.25) is 0 Å². The van der Waals surface area contributed by atoms with Crippen molar-refractivity contribution in [2.45, 2.75) is 12.8 Å². The van der Waals surface area contributed by atoms with Crippen molar-refractivity contribution in [2.24, 2.45) is 5.92 Å². The first-order valence-electron chi connectivity index (χ1n) is 6.60. The SMILES string of the molecule is Brc1c2ccoc2c(CC2CCNC2)c2ccoc12. The van der Waals surface area contributed by atoms with E-state index < -0.39 is 0 Å². The molecule has 0 saturated carbocycles. The zero-order valence-corrected chi connectivity index (χ0v) is 12.0. The van der Waals surface area contributed by atoms with Gasteiger partial charge in [-0.15, -0.1) is 0 Å². The van der Waals surface area contributed by atoms with E-state index in [1.165, 1.54) is 17.4 Å². The van der Waals surface area contributed by atoms with Gasteiger partial charge in [0.1, 0.15) is 11.2 Å². The molecule has 3 nitrogen and oxygen atoms in total. The Morgan fingerprint density at radius 1 is 1.16 bits per heavy atom. The average molecular weight is 320 g/mol. The Hall–Kier alpha value is -1.26. The van der Waals surface area contributed by atoms with Gasteiger partial charge < -0.3 is 14.2 Å². The molecule has 0 amide bonds. The van der Waals surface area contributed by atoms with E-state index in [1.807, 2.05) is 12.1 Å². The van der Waals surface area contributed by atoms with Crippen molar-refractivity contribution < 1.29 is 8.83 Å². The molecule has 2 aromatic heterocycles. The second-order valence-corrected chi connectivity index (χ2v) is 5.98. The number of halogens is 1. The van der Waals surface area contributed by atoms with Gasteiger partial charge >= 0.3 is 0 Å². The second-order valence-electron chi connectivity index (χ2n) is 5.18. The van der Waals surface area contributed by atoms with Crippen molar-refractivity contribution in [1.82, 2.24) is 5.32 Å². The van der Waals surface area contributed by atoms with E-state index in [-0.39, 0.29) is 0 Å². The Kier molecular flexibility index (Phi) is 2.67. The zero-order valence-electron chi connectivity index (χ0n) is 10.4. The van der Waals surface area contributed by atoms with Crippen LogP contribution in [-0.2, 0) is 6.42 Å². The van der Waals surface area contributed by atoms with Gasteiger partial charge in [0.05, 0.1) is 17.0 Å². The lowest BCUT2D eigenvalue weighted by atomic mass is 9.95. The summed E-state index contributed by atoms with van der Waals surface area (Å²) in [4.78, 5) is 0. The Bertz CT molecular complexity index is 685. The minimum Gasteiger partial charge on any atom is -0.464 e. The summed E-state index contributed by atoms with van der Waals surface area (Å²) in [7, 11) is 0. The predicted molar refractivity (Wildman–Crippen MR) is 78.4 cm³/mol. The molecule has 1 N–H and O–H groups in total. The van der Waals surface area contributed by atoms with Crippen molar-refractivity contribution in [3.63, 3.8) is 0 Å². The molecule has 0 bridgehead atoms. The van der Waals surface area contributed by atoms with Crippen LogP contribution in [0.1, 0.15) is 12.0 Å². The molecule has 19 heavy (non-hydrogen) atoms. The van der Waals surface area contributed by atoms with Gasteiger partial charge in [0.15, 0.2) is 0 Å². The maximum absolute atomic E-state index is 5.73. The standard InChI is InChI=1S/C15H14BrNO2/c16-13-11-3-6-18-14(11)12(7-9-1-4-17-8-9)10-2-5-19-15(10)13/h2-3,5-6,9,17H,1,4,7-8H2. The minimum absolute atomic E-state index is 0.688. The largest absolute Gasteiger partial charge is 0.464 e. The third-order valence-corrected chi connectivity index (χ3v) is 4.81. The number of hydrogen-bond donors (Lipinski definition) is 1. The molecular formula is C15H14BrNO2. The van der Waals surface area contributed by atoms with Gasteiger partial charge in [-0.1, -0.05) is 0 Å². The molecular weight excluding hydrogens is 306 g/mol. The highest BCUT2D eigenvalue weighted by molar-refractivity contribution is 9.10. The van der Waals surface area contributed by atoms with E-state index in [0.717, 1.165) is 40.5 Å². The molecule has 98 valence electrons. The van der Waals surface area contributed by atoms with Gasteiger partial charge in [-0.05, 0) is 59.9 Å². The van der Waals surface area contributed by atoms with Crippen molar-refractivity contribution in [1.29, 1.82) is 0 Å².